The summed E-state index contributed by atoms with van der Waals surface area (Å²) in [6.45, 7) is 7.27. The summed E-state index contributed by atoms with van der Waals surface area (Å²) in [5.41, 5.74) is 5.46. The number of aromatic nitrogens is 3. The lowest BCUT2D eigenvalue weighted by atomic mass is 10.1. The number of ether oxygens (including phenoxy) is 2. The lowest BCUT2D eigenvalue weighted by Crippen LogP contribution is -2.28. The molecule has 1 N–H and O–H groups in total. The molecular formula is C26H30N4O3. The molecular weight excluding hydrogens is 416 g/mol. The summed E-state index contributed by atoms with van der Waals surface area (Å²) in [7, 11) is 1.69. The van der Waals surface area contributed by atoms with Crippen LogP contribution in [-0.4, -0.2) is 46.4 Å². The van der Waals surface area contributed by atoms with Crippen LogP contribution in [0.1, 0.15) is 23.7 Å². The highest BCUT2D eigenvalue weighted by Gasteiger charge is 2.12. The first kappa shape index (κ1) is 22.8. The van der Waals surface area contributed by atoms with Gasteiger partial charge in [-0.15, -0.1) is 0 Å². The number of fused-ring (bicyclic) bond motifs is 1. The van der Waals surface area contributed by atoms with Crippen LogP contribution in [-0.2, 0) is 17.8 Å². The smallest absolute Gasteiger partial charge is 0.272 e. The van der Waals surface area contributed by atoms with Crippen LogP contribution in [0.2, 0.25) is 0 Å². The molecule has 2 aromatic heterocycles. The summed E-state index contributed by atoms with van der Waals surface area (Å²) in [4.78, 5) is 19.8. The normalized spacial score (nSPS) is 11.4. The van der Waals surface area contributed by atoms with Crippen LogP contribution in [0.25, 0.3) is 16.9 Å². The Morgan fingerprint density at radius 1 is 1.03 bits per heavy atom. The van der Waals surface area contributed by atoms with Gasteiger partial charge in [0.2, 0.25) is 0 Å². The number of methoxy groups -OCH3 is 1. The molecule has 4 rings (SSSR count). The molecule has 0 aliphatic carbocycles. The third-order valence-electron chi connectivity index (χ3n) is 5.50. The van der Waals surface area contributed by atoms with Crippen molar-refractivity contribution in [3.63, 3.8) is 0 Å². The van der Waals surface area contributed by atoms with E-state index in [1.807, 2.05) is 37.3 Å². The van der Waals surface area contributed by atoms with E-state index in [2.05, 4.69) is 41.2 Å². The second-order valence-corrected chi connectivity index (χ2v) is 8.10. The summed E-state index contributed by atoms with van der Waals surface area (Å²) in [5.74, 6) is 0.863. The second kappa shape index (κ2) is 10.5. The van der Waals surface area contributed by atoms with Gasteiger partial charge < -0.3 is 9.47 Å². The topological polar surface area (TPSA) is 71.9 Å². The summed E-state index contributed by atoms with van der Waals surface area (Å²) in [6.07, 6.45) is 0. The molecule has 7 heteroatoms. The molecule has 0 aliphatic rings. The van der Waals surface area contributed by atoms with Crippen molar-refractivity contribution in [1.29, 1.82) is 0 Å². The molecule has 0 radical (unpaired) electrons. The molecule has 0 aliphatic heterocycles. The van der Waals surface area contributed by atoms with E-state index >= 15 is 0 Å². The van der Waals surface area contributed by atoms with E-state index in [0.717, 1.165) is 41.4 Å². The van der Waals surface area contributed by atoms with Gasteiger partial charge in [0.15, 0.2) is 5.65 Å². The van der Waals surface area contributed by atoms with E-state index in [4.69, 9.17) is 14.5 Å². The Morgan fingerprint density at radius 3 is 2.48 bits per heavy atom. The molecule has 4 aromatic rings. The van der Waals surface area contributed by atoms with Gasteiger partial charge in [0.25, 0.3) is 5.56 Å². The highest BCUT2D eigenvalue weighted by molar-refractivity contribution is 5.64. The zero-order chi connectivity index (χ0) is 23.2. The third kappa shape index (κ3) is 5.69. The predicted molar refractivity (Wildman–Crippen MR) is 130 cm³/mol. The predicted octanol–water partition coefficient (Wildman–Crippen LogP) is 4.05. The van der Waals surface area contributed by atoms with Crippen molar-refractivity contribution in [3.05, 3.63) is 87.8 Å². The molecule has 0 bridgehead atoms. The van der Waals surface area contributed by atoms with Crippen molar-refractivity contribution in [2.75, 3.05) is 26.9 Å². The van der Waals surface area contributed by atoms with Crippen LogP contribution in [0.5, 0.6) is 5.75 Å². The van der Waals surface area contributed by atoms with Gasteiger partial charge in [-0.05, 0) is 37.1 Å². The average Bonchev–Trinajstić information content (AvgIpc) is 3.24. The monoisotopic (exact) mass is 446 g/mol. The lowest BCUT2D eigenvalue weighted by molar-refractivity contribution is 0.139. The third-order valence-corrected chi connectivity index (χ3v) is 5.50. The van der Waals surface area contributed by atoms with E-state index in [0.29, 0.717) is 25.4 Å². The van der Waals surface area contributed by atoms with Crippen molar-refractivity contribution in [1.82, 2.24) is 19.5 Å². The number of H-pyrrole nitrogens is 1. The SMILES string of the molecule is CCOc1ccc(CN(CCOC)Cc2cc(=O)n3[nH]c(-c4ccc(C)cc4)cc3n2)cc1. The Labute approximate surface area is 193 Å². The molecule has 33 heavy (non-hydrogen) atoms. The summed E-state index contributed by atoms with van der Waals surface area (Å²) in [5, 5.41) is 3.17. The average molecular weight is 447 g/mol. The molecule has 7 nitrogen and oxygen atoms in total. The van der Waals surface area contributed by atoms with Crippen molar-refractivity contribution in [2.45, 2.75) is 26.9 Å². The van der Waals surface area contributed by atoms with E-state index in [-0.39, 0.29) is 5.56 Å². The van der Waals surface area contributed by atoms with E-state index in [1.54, 1.807) is 13.2 Å². The zero-order valence-electron chi connectivity index (χ0n) is 19.4. The molecule has 0 fully saturated rings. The Morgan fingerprint density at radius 2 is 1.79 bits per heavy atom. The minimum absolute atomic E-state index is 0.124. The van der Waals surface area contributed by atoms with Gasteiger partial charge in [0.05, 0.1) is 24.6 Å². The van der Waals surface area contributed by atoms with Gasteiger partial charge >= 0.3 is 0 Å². The minimum atomic E-state index is -0.124. The van der Waals surface area contributed by atoms with Crippen LogP contribution in [0.4, 0.5) is 0 Å². The van der Waals surface area contributed by atoms with Gasteiger partial charge in [-0.2, -0.15) is 0 Å². The summed E-state index contributed by atoms with van der Waals surface area (Å²) in [6, 6.07) is 19.8. The van der Waals surface area contributed by atoms with Crippen LogP contribution in [0, 0.1) is 6.92 Å². The quantitative estimate of drug-likeness (QED) is 0.398. The van der Waals surface area contributed by atoms with Crippen molar-refractivity contribution in [2.24, 2.45) is 0 Å². The number of aromatic amines is 1. The fraction of sp³-hybridized carbons (Fsp3) is 0.308. The first-order valence-electron chi connectivity index (χ1n) is 11.2. The first-order valence-corrected chi connectivity index (χ1v) is 11.2. The Bertz CT molecular complexity index is 1240. The lowest BCUT2D eigenvalue weighted by Gasteiger charge is -2.22. The molecule has 2 heterocycles. The molecule has 0 saturated heterocycles. The Balaban J connectivity index is 1.56. The van der Waals surface area contributed by atoms with Gasteiger partial charge in [-0.1, -0.05) is 42.0 Å². The highest BCUT2D eigenvalue weighted by Crippen LogP contribution is 2.19. The van der Waals surface area contributed by atoms with Crippen molar-refractivity contribution in [3.8, 4) is 17.0 Å². The molecule has 0 spiro atoms. The number of nitrogens with zero attached hydrogens (tertiary/aromatic N) is 3. The van der Waals surface area contributed by atoms with Gasteiger partial charge in [-0.3, -0.25) is 14.8 Å². The highest BCUT2D eigenvalue weighted by atomic mass is 16.5. The Kier molecular flexibility index (Phi) is 7.22. The van der Waals surface area contributed by atoms with Crippen molar-refractivity contribution < 1.29 is 9.47 Å². The molecule has 0 amide bonds. The molecule has 0 saturated carbocycles. The fourth-order valence-corrected chi connectivity index (χ4v) is 3.78. The van der Waals surface area contributed by atoms with Crippen molar-refractivity contribution >= 4 is 5.65 Å². The van der Waals surface area contributed by atoms with Gasteiger partial charge in [0, 0.05) is 38.9 Å². The molecule has 172 valence electrons. The maximum atomic E-state index is 12.8. The molecule has 2 aromatic carbocycles. The van der Waals surface area contributed by atoms with E-state index in [1.165, 1.54) is 10.1 Å². The standard InChI is InChI=1S/C26H30N4O3/c1-4-33-23-11-7-20(8-12-23)17-29(13-14-32-3)18-22-15-26(31)30-25(27-22)16-24(28-30)21-9-5-19(2)6-10-21/h5-12,15-16,28H,4,13-14,17-18H2,1-3H3. The van der Waals surface area contributed by atoms with E-state index < -0.39 is 0 Å². The number of benzene rings is 2. The van der Waals surface area contributed by atoms with Crippen LogP contribution < -0.4 is 10.3 Å². The minimum Gasteiger partial charge on any atom is -0.494 e. The van der Waals surface area contributed by atoms with Crippen LogP contribution >= 0.6 is 0 Å². The second-order valence-electron chi connectivity index (χ2n) is 8.10. The number of hydrogen-bond donors (Lipinski definition) is 1. The largest absolute Gasteiger partial charge is 0.494 e. The fourth-order valence-electron chi connectivity index (χ4n) is 3.78. The van der Waals surface area contributed by atoms with Crippen LogP contribution in [0.15, 0.2) is 65.5 Å². The van der Waals surface area contributed by atoms with E-state index in [9.17, 15) is 4.79 Å². The van der Waals surface area contributed by atoms with Crippen LogP contribution in [0.3, 0.4) is 0 Å². The number of hydrogen-bond acceptors (Lipinski definition) is 5. The number of rotatable bonds is 10. The Hall–Kier alpha value is -3.42. The first-order chi connectivity index (χ1) is 16.1. The molecule has 0 unspecified atom stereocenters. The maximum Gasteiger partial charge on any atom is 0.272 e. The van der Waals surface area contributed by atoms with Gasteiger partial charge in [-0.25, -0.2) is 9.50 Å². The number of aryl methyl sites for hydroxylation is 1. The zero-order valence-corrected chi connectivity index (χ0v) is 19.4. The summed E-state index contributed by atoms with van der Waals surface area (Å²) >= 11 is 0. The van der Waals surface area contributed by atoms with Gasteiger partial charge in [0.1, 0.15) is 5.75 Å². The summed E-state index contributed by atoms with van der Waals surface area (Å²) < 4.78 is 12.3. The maximum absolute atomic E-state index is 12.8. The molecule has 0 atom stereocenters. The number of nitrogens with one attached hydrogen (secondary N) is 1.